The van der Waals surface area contributed by atoms with Crippen LogP contribution in [0.4, 0.5) is 5.82 Å². The Morgan fingerprint density at radius 2 is 1.37 bits per heavy atom. The minimum Gasteiger partial charge on any atom is -0.353 e. The van der Waals surface area contributed by atoms with E-state index >= 15 is 0 Å². The summed E-state index contributed by atoms with van der Waals surface area (Å²) in [5, 5.41) is 5.73. The number of benzene rings is 3. The zero-order valence-corrected chi connectivity index (χ0v) is 21.9. The van der Waals surface area contributed by atoms with E-state index in [1.807, 2.05) is 66.2 Å². The van der Waals surface area contributed by atoms with Gasteiger partial charge in [0.05, 0.1) is 21.7 Å². The summed E-state index contributed by atoms with van der Waals surface area (Å²) in [7, 11) is -3.54. The molecule has 8 nitrogen and oxygen atoms in total. The quantitative estimate of drug-likeness (QED) is 0.331. The van der Waals surface area contributed by atoms with E-state index in [0.29, 0.717) is 43.3 Å². The Morgan fingerprint density at radius 3 is 2.03 bits per heavy atom. The first-order valence-electron chi connectivity index (χ1n) is 12.7. The highest BCUT2D eigenvalue weighted by molar-refractivity contribution is 7.89. The Hall–Kier alpha value is -4.08. The maximum Gasteiger partial charge on any atom is 0.243 e. The molecule has 38 heavy (non-hydrogen) atoms. The molecule has 0 aliphatic carbocycles. The summed E-state index contributed by atoms with van der Waals surface area (Å²) in [6, 6.07) is 28.7. The first-order chi connectivity index (χ1) is 18.5. The van der Waals surface area contributed by atoms with Gasteiger partial charge in [0.1, 0.15) is 11.6 Å². The number of hydrogen-bond acceptors (Lipinski definition) is 6. The van der Waals surface area contributed by atoms with Gasteiger partial charge in [-0.1, -0.05) is 66.7 Å². The molecule has 0 bridgehead atoms. The molecule has 1 fully saturated rings. The third-order valence-electron chi connectivity index (χ3n) is 6.85. The molecule has 3 heterocycles. The van der Waals surface area contributed by atoms with Crippen LogP contribution in [0.5, 0.6) is 0 Å². The highest BCUT2D eigenvalue weighted by Crippen LogP contribution is 2.31. The van der Waals surface area contributed by atoms with Crippen molar-refractivity contribution in [3.05, 3.63) is 108 Å². The fourth-order valence-electron chi connectivity index (χ4n) is 4.92. The highest BCUT2D eigenvalue weighted by atomic mass is 32.2. The van der Waals surface area contributed by atoms with Gasteiger partial charge in [0.25, 0.3) is 0 Å². The van der Waals surface area contributed by atoms with Crippen LogP contribution in [0.1, 0.15) is 17.1 Å². The largest absolute Gasteiger partial charge is 0.353 e. The Balaban J connectivity index is 1.38. The van der Waals surface area contributed by atoms with Crippen LogP contribution in [-0.2, 0) is 16.4 Å². The average molecular weight is 525 g/mol. The van der Waals surface area contributed by atoms with Gasteiger partial charge in [0.15, 0.2) is 5.65 Å². The number of sulfonamides is 1. The van der Waals surface area contributed by atoms with E-state index in [2.05, 4.69) is 17.0 Å². The monoisotopic (exact) mass is 524 g/mol. The second-order valence-electron chi connectivity index (χ2n) is 9.36. The summed E-state index contributed by atoms with van der Waals surface area (Å²) in [5.41, 5.74) is 3.65. The molecule has 192 valence electrons. The van der Waals surface area contributed by atoms with E-state index in [1.54, 1.807) is 28.6 Å². The SMILES string of the molecule is Cc1nn(-c2ccccc2)c2nc(Cc3ccccc3)nc(N3CCN(S(=O)(=O)c4ccccc4)CC3)c12. The second-order valence-corrected chi connectivity index (χ2v) is 11.3. The standard InChI is InChI=1S/C29H28N6O2S/c1-22-27-28(33-17-19-34(20-18-33)38(36,37)25-15-9-4-10-16-25)30-26(21-23-11-5-2-6-12-23)31-29(27)35(32-22)24-13-7-3-8-14-24/h2-16H,17-21H2,1H3. The fraction of sp³-hybridized carbons (Fsp3) is 0.207. The van der Waals surface area contributed by atoms with Crippen LogP contribution >= 0.6 is 0 Å². The van der Waals surface area contributed by atoms with Gasteiger partial charge < -0.3 is 4.90 Å². The average Bonchev–Trinajstić information content (AvgIpc) is 3.30. The Labute approximate surface area is 222 Å². The molecule has 0 N–H and O–H groups in total. The number of hydrogen-bond donors (Lipinski definition) is 0. The lowest BCUT2D eigenvalue weighted by Crippen LogP contribution is -2.49. The predicted molar refractivity (Wildman–Crippen MR) is 148 cm³/mol. The third kappa shape index (κ3) is 4.55. The maximum atomic E-state index is 13.2. The van der Waals surface area contributed by atoms with Crippen LogP contribution < -0.4 is 4.90 Å². The van der Waals surface area contributed by atoms with Gasteiger partial charge in [-0.05, 0) is 36.8 Å². The van der Waals surface area contributed by atoms with Crippen LogP contribution in [0.2, 0.25) is 0 Å². The summed E-state index contributed by atoms with van der Waals surface area (Å²) < 4.78 is 29.8. The van der Waals surface area contributed by atoms with Gasteiger partial charge in [0.2, 0.25) is 10.0 Å². The smallest absolute Gasteiger partial charge is 0.243 e. The lowest BCUT2D eigenvalue weighted by Gasteiger charge is -2.35. The first-order valence-corrected chi connectivity index (χ1v) is 14.1. The van der Waals surface area contributed by atoms with Crippen LogP contribution in [0.15, 0.2) is 95.9 Å². The van der Waals surface area contributed by atoms with Gasteiger partial charge in [-0.25, -0.2) is 23.1 Å². The Bertz CT molecular complexity index is 1660. The van der Waals surface area contributed by atoms with Crippen LogP contribution in [0, 0.1) is 6.92 Å². The Kier molecular flexibility index (Phi) is 6.39. The molecule has 3 aromatic carbocycles. The van der Waals surface area contributed by atoms with E-state index in [-0.39, 0.29) is 0 Å². The highest BCUT2D eigenvalue weighted by Gasteiger charge is 2.30. The summed E-state index contributed by atoms with van der Waals surface area (Å²) >= 11 is 0. The normalized spacial score (nSPS) is 14.7. The van der Waals surface area contributed by atoms with E-state index in [1.165, 1.54) is 0 Å². The summed E-state index contributed by atoms with van der Waals surface area (Å²) in [6.45, 7) is 3.78. The molecule has 0 radical (unpaired) electrons. The van der Waals surface area contributed by atoms with Crippen molar-refractivity contribution < 1.29 is 8.42 Å². The topological polar surface area (TPSA) is 84.2 Å². The number of aryl methyl sites for hydroxylation is 1. The van der Waals surface area contributed by atoms with Crippen LogP contribution in [0.25, 0.3) is 16.7 Å². The Morgan fingerprint density at radius 1 is 0.763 bits per heavy atom. The van der Waals surface area contributed by atoms with E-state index in [0.717, 1.165) is 33.8 Å². The molecule has 1 saturated heterocycles. The molecule has 0 spiro atoms. The van der Waals surface area contributed by atoms with Crippen molar-refractivity contribution in [2.45, 2.75) is 18.2 Å². The minimum absolute atomic E-state index is 0.322. The summed E-state index contributed by atoms with van der Waals surface area (Å²) in [5.74, 6) is 1.51. The number of anilines is 1. The lowest BCUT2D eigenvalue weighted by atomic mass is 10.1. The molecule has 6 rings (SSSR count). The zero-order valence-electron chi connectivity index (χ0n) is 21.1. The second kappa shape index (κ2) is 10.00. The zero-order chi connectivity index (χ0) is 26.1. The van der Waals surface area contributed by atoms with Gasteiger partial charge >= 0.3 is 0 Å². The van der Waals surface area contributed by atoms with Crippen LogP contribution in [-0.4, -0.2) is 58.7 Å². The maximum absolute atomic E-state index is 13.2. The number of rotatable bonds is 6. The summed E-state index contributed by atoms with van der Waals surface area (Å²) in [4.78, 5) is 12.5. The number of fused-ring (bicyclic) bond motifs is 1. The molecule has 1 aliphatic heterocycles. The van der Waals surface area contributed by atoms with Crippen molar-refractivity contribution in [2.24, 2.45) is 0 Å². The number of piperazine rings is 1. The molecular weight excluding hydrogens is 496 g/mol. The van der Waals surface area contributed by atoms with Crippen molar-refractivity contribution in [1.82, 2.24) is 24.1 Å². The predicted octanol–water partition coefficient (Wildman–Crippen LogP) is 4.23. The van der Waals surface area contributed by atoms with E-state index < -0.39 is 10.0 Å². The van der Waals surface area contributed by atoms with Crippen molar-refractivity contribution in [3.8, 4) is 5.69 Å². The minimum atomic E-state index is -3.54. The first kappa shape index (κ1) is 24.3. The van der Waals surface area contributed by atoms with Gasteiger partial charge in [0, 0.05) is 32.6 Å². The molecule has 1 aliphatic rings. The molecule has 0 unspecified atom stereocenters. The number of nitrogens with zero attached hydrogens (tertiary/aromatic N) is 6. The fourth-order valence-corrected chi connectivity index (χ4v) is 6.37. The lowest BCUT2D eigenvalue weighted by molar-refractivity contribution is 0.384. The molecule has 2 aromatic heterocycles. The molecule has 0 saturated carbocycles. The third-order valence-corrected chi connectivity index (χ3v) is 8.77. The number of para-hydroxylation sites is 1. The van der Waals surface area contributed by atoms with Crippen molar-refractivity contribution in [1.29, 1.82) is 0 Å². The number of aromatic nitrogens is 4. The van der Waals surface area contributed by atoms with Crippen molar-refractivity contribution in [3.63, 3.8) is 0 Å². The molecular formula is C29H28N6O2S. The van der Waals surface area contributed by atoms with E-state index in [9.17, 15) is 8.42 Å². The summed E-state index contributed by atoms with van der Waals surface area (Å²) in [6.07, 6.45) is 0.588. The van der Waals surface area contributed by atoms with Gasteiger partial charge in [-0.15, -0.1) is 0 Å². The van der Waals surface area contributed by atoms with E-state index in [4.69, 9.17) is 15.1 Å². The van der Waals surface area contributed by atoms with Gasteiger partial charge in [-0.2, -0.15) is 9.40 Å². The molecule has 9 heteroatoms. The van der Waals surface area contributed by atoms with Crippen LogP contribution in [0.3, 0.4) is 0 Å². The van der Waals surface area contributed by atoms with Crippen molar-refractivity contribution >= 4 is 26.9 Å². The molecule has 5 aromatic rings. The van der Waals surface area contributed by atoms with Crippen molar-refractivity contribution in [2.75, 3.05) is 31.1 Å². The molecule has 0 amide bonds. The molecule has 0 atom stereocenters. The van der Waals surface area contributed by atoms with Gasteiger partial charge in [-0.3, -0.25) is 0 Å².